The van der Waals surface area contributed by atoms with Crippen molar-refractivity contribution in [1.82, 2.24) is 15.1 Å². The van der Waals surface area contributed by atoms with Crippen molar-refractivity contribution in [2.45, 2.75) is 32.9 Å². The SMILES string of the molecule is Cc1cnn(CCC(=O)NC(C)C(=O)O)c1. The maximum absolute atomic E-state index is 11.3. The lowest BCUT2D eigenvalue weighted by atomic mass is 10.3. The highest BCUT2D eigenvalue weighted by molar-refractivity contribution is 5.83. The van der Waals surface area contributed by atoms with E-state index in [4.69, 9.17) is 5.11 Å². The number of aryl methyl sites for hydroxylation is 2. The van der Waals surface area contributed by atoms with E-state index in [0.29, 0.717) is 6.54 Å². The molecule has 1 atom stereocenters. The van der Waals surface area contributed by atoms with Crippen LogP contribution in [0.25, 0.3) is 0 Å². The second-order valence-corrected chi connectivity index (χ2v) is 3.66. The maximum atomic E-state index is 11.3. The van der Waals surface area contributed by atoms with Crippen LogP contribution in [0, 0.1) is 6.92 Å². The number of carboxylic acids is 1. The second-order valence-electron chi connectivity index (χ2n) is 3.66. The molecule has 0 radical (unpaired) electrons. The highest BCUT2D eigenvalue weighted by Gasteiger charge is 2.13. The van der Waals surface area contributed by atoms with E-state index >= 15 is 0 Å². The first-order chi connectivity index (χ1) is 7.49. The summed E-state index contributed by atoms with van der Waals surface area (Å²) in [5.41, 5.74) is 1.03. The van der Waals surface area contributed by atoms with E-state index in [2.05, 4.69) is 10.4 Å². The molecule has 0 aliphatic rings. The Morgan fingerprint density at radius 1 is 1.62 bits per heavy atom. The molecule has 1 amide bonds. The number of hydrogen-bond acceptors (Lipinski definition) is 3. The minimum atomic E-state index is -1.04. The summed E-state index contributed by atoms with van der Waals surface area (Å²) < 4.78 is 1.65. The van der Waals surface area contributed by atoms with Crippen LogP contribution in [-0.2, 0) is 16.1 Å². The van der Waals surface area contributed by atoms with Crippen molar-refractivity contribution >= 4 is 11.9 Å². The summed E-state index contributed by atoms with van der Waals surface area (Å²) in [6.07, 6.45) is 3.75. The van der Waals surface area contributed by atoms with Gasteiger partial charge in [0, 0.05) is 19.2 Å². The molecule has 0 spiro atoms. The minimum Gasteiger partial charge on any atom is -0.480 e. The first kappa shape index (κ1) is 12.2. The van der Waals surface area contributed by atoms with E-state index in [1.54, 1.807) is 10.9 Å². The van der Waals surface area contributed by atoms with Crippen LogP contribution in [-0.4, -0.2) is 32.8 Å². The molecule has 6 heteroatoms. The van der Waals surface area contributed by atoms with Crippen molar-refractivity contribution in [2.75, 3.05) is 0 Å². The van der Waals surface area contributed by atoms with Gasteiger partial charge in [-0.3, -0.25) is 14.3 Å². The van der Waals surface area contributed by atoms with Gasteiger partial charge in [-0.25, -0.2) is 0 Å². The van der Waals surface area contributed by atoms with Crippen LogP contribution < -0.4 is 5.32 Å². The van der Waals surface area contributed by atoms with Crippen molar-refractivity contribution in [3.63, 3.8) is 0 Å². The van der Waals surface area contributed by atoms with E-state index in [0.717, 1.165) is 5.56 Å². The first-order valence-electron chi connectivity index (χ1n) is 5.00. The highest BCUT2D eigenvalue weighted by Crippen LogP contribution is 1.96. The Bertz CT molecular complexity index is 386. The van der Waals surface area contributed by atoms with Gasteiger partial charge < -0.3 is 10.4 Å². The molecule has 0 fully saturated rings. The smallest absolute Gasteiger partial charge is 0.325 e. The fraction of sp³-hybridized carbons (Fsp3) is 0.500. The quantitative estimate of drug-likeness (QED) is 0.748. The number of amides is 1. The lowest BCUT2D eigenvalue weighted by Crippen LogP contribution is -2.38. The van der Waals surface area contributed by atoms with Crippen molar-refractivity contribution < 1.29 is 14.7 Å². The molecule has 2 N–H and O–H groups in total. The van der Waals surface area contributed by atoms with E-state index in [1.807, 2.05) is 13.1 Å². The number of nitrogens with one attached hydrogen (secondary N) is 1. The predicted molar refractivity (Wildman–Crippen MR) is 56.8 cm³/mol. The van der Waals surface area contributed by atoms with Gasteiger partial charge >= 0.3 is 5.97 Å². The summed E-state index contributed by atoms with van der Waals surface area (Å²) >= 11 is 0. The molecule has 0 saturated heterocycles. The zero-order valence-electron chi connectivity index (χ0n) is 9.30. The number of nitrogens with zero attached hydrogens (tertiary/aromatic N) is 2. The number of aromatic nitrogens is 2. The number of carbonyl (C=O) groups is 2. The highest BCUT2D eigenvalue weighted by atomic mass is 16.4. The van der Waals surface area contributed by atoms with Crippen LogP contribution in [0.4, 0.5) is 0 Å². The van der Waals surface area contributed by atoms with Crippen LogP contribution in [0.3, 0.4) is 0 Å². The van der Waals surface area contributed by atoms with E-state index < -0.39 is 12.0 Å². The Hall–Kier alpha value is -1.85. The molecule has 6 nitrogen and oxygen atoms in total. The molecule has 0 bridgehead atoms. The summed E-state index contributed by atoms with van der Waals surface area (Å²) in [7, 11) is 0. The standard InChI is InChI=1S/C10H15N3O3/c1-7-5-11-13(6-7)4-3-9(14)12-8(2)10(15)16/h5-6,8H,3-4H2,1-2H3,(H,12,14)(H,15,16). The fourth-order valence-corrected chi connectivity index (χ4v) is 1.18. The number of aliphatic carboxylic acids is 1. The average molecular weight is 225 g/mol. The maximum Gasteiger partial charge on any atom is 0.325 e. The third kappa shape index (κ3) is 3.72. The molecule has 1 aromatic rings. The fourth-order valence-electron chi connectivity index (χ4n) is 1.18. The largest absolute Gasteiger partial charge is 0.480 e. The Labute approximate surface area is 93.3 Å². The van der Waals surface area contributed by atoms with Gasteiger partial charge in [-0.1, -0.05) is 0 Å². The Morgan fingerprint density at radius 3 is 2.81 bits per heavy atom. The molecule has 0 saturated carbocycles. The van der Waals surface area contributed by atoms with Gasteiger partial charge in [-0.15, -0.1) is 0 Å². The Balaban J connectivity index is 2.33. The van der Waals surface area contributed by atoms with Crippen LogP contribution in [0.2, 0.25) is 0 Å². The van der Waals surface area contributed by atoms with Gasteiger partial charge in [0.1, 0.15) is 6.04 Å². The van der Waals surface area contributed by atoms with Crippen LogP contribution >= 0.6 is 0 Å². The summed E-state index contributed by atoms with van der Waals surface area (Å²) in [6, 6.07) is -0.855. The predicted octanol–water partition coefficient (Wildman–Crippen LogP) is 0.171. The number of carbonyl (C=O) groups excluding carboxylic acids is 1. The molecule has 1 aromatic heterocycles. The summed E-state index contributed by atoms with van der Waals surface area (Å²) in [5.74, 6) is -1.33. The molecular formula is C10H15N3O3. The summed E-state index contributed by atoms with van der Waals surface area (Å²) in [6.45, 7) is 3.79. The minimum absolute atomic E-state index is 0.221. The summed E-state index contributed by atoms with van der Waals surface area (Å²) in [4.78, 5) is 21.8. The number of carboxylic acid groups (broad SMARTS) is 1. The number of hydrogen-bond donors (Lipinski definition) is 2. The molecule has 1 heterocycles. The van der Waals surface area contributed by atoms with Crippen molar-refractivity contribution in [3.05, 3.63) is 18.0 Å². The van der Waals surface area contributed by atoms with Crippen molar-refractivity contribution in [2.24, 2.45) is 0 Å². The zero-order chi connectivity index (χ0) is 12.1. The zero-order valence-corrected chi connectivity index (χ0v) is 9.30. The van der Waals surface area contributed by atoms with Gasteiger partial charge in [0.05, 0.1) is 6.20 Å². The molecule has 16 heavy (non-hydrogen) atoms. The van der Waals surface area contributed by atoms with Gasteiger partial charge in [-0.2, -0.15) is 5.10 Å². The molecule has 1 rings (SSSR count). The topological polar surface area (TPSA) is 84.2 Å². The van der Waals surface area contributed by atoms with Crippen LogP contribution in [0.15, 0.2) is 12.4 Å². The van der Waals surface area contributed by atoms with Crippen molar-refractivity contribution in [3.8, 4) is 0 Å². The lowest BCUT2D eigenvalue weighted by Gasteiger charge is -2.08. The molecular weight excluding hydrogens is 210 g/mol. The molecule has 0 aromatic carbocycles. The average Bonchev–Trinajstić information content (AvgIpc) is 2.61. The molecule has 1 unspecified atom stereocenters. The first-order valence-corrected chi connectivity index (χ1v) is 5.00. The lowest BCUT2D eigenvalue weighted by molar-refractivity contribution is -0.141. The Kier molecular flexibility index (Phi) is 4.04. The van der Waals surface area contributed by atoms with E-state index in [1.165, 1.54) is 6.92 Å². The molecule has 0 aliphatic heterocycles. The molecule has 88 valence electrons. The van der Waals surface area contributed by atoms with E-state index in [9.17, 15) is 9.59 Å². The third-order valence-corrected chi connectivity index (χ3v) is 2.08. The molecule has 0 aliphatic carbocycles. The van der Waals surface area contributed by atoms with Gasteiger partial charge in [0.25, 0.3) is 0 Å². The van der Waals surface area contributed by atoms with Gasteiger partial charge in [-0.05, 0) is 19.4 Å². The number of rotatable bonds is 5. The van der Waals surface area contributed by atoms with E-state index in [-0.39, 0.29) is 12.3 Å². The third-order valence-electron chi connectivity index (χ3n) is 2.08. The van der Waals surface area contributed by atoms with Crippen LogP contribution in [0.1, 0.15) is 18.9 Å². The van der Waals surface area contributed by atoms with Crippen LogP contribution in [0.5, 0.6) is 0 Å². The van der Waals surface area contributed by atoms with Gasteiger partial charge in [0.15, 0.2) is 0 Å². The monoisotopic (exact) mass is 225 g/mol. The second kappa shape index (κ2) is 5.29. The van der Waals surface area contributed by atoms with Crippen molar-refractivity contribution in [1.29, 1.82) is 0 Å². The summed E-state index contributed by atoms with van der Waals surface area (Å²) in [5, 5.41) is 15.0. The normalized spacial score (nSPS) is 12.1. The Morgan fingerprint density at radius 2 is 2.31 bits per heavy atom. The van der Waals surface area contributed by atoms with Gasteiger partial charge in [0.2, 0.25) is 5.91 Å².